The minimum absolute atomic E-state index is 0.251. The van der Waals surface area contributed by atoms with E-state index in [1.807, 2.05) is 0 Å². The maximum atomic E-state index is 12.9. The van der Waals surface area contributed by atoms with Crippen LogP contribution in [0.2, 0.25) is 0 Å². The topological polar surface area (TPSA) is 17.1 Å². The van der Waals surface area contributed by atoms with Gasteiger partial charge in [0, 0.05) is 5.56 Å². The molecule has 12 heavy (non-hydrogen) atoms. The maximum absolute atomic E-state index is 12.9. The minimum Gasteiger partial charge on any atom is -0.289 e. The normalized spacial score (nSPS) is 9.50. The number of allylic oxidation sites excluding steroid dienone is 1. The Hall–Kier alpha value is -0.710. The van der Waals surface area contributed by atoms with Gasteiger partial charge in [0.2, 0.25) is 0 Å². The van der Waals surface area contributed by atoms with Crippen molar-refractivity contribution in [2.45, 2.75) is 0 Å². The van der Waals surface area contributed by atoms with E-state index in [1.165, 1.54) is 18.2 Å². The van der Waals surface area contributed by atoms with E-state index in [0.29, 0.717) is 9.13 Å². The Morgan fingerprint density at radius 3 is 2.83 bits per heavy atom. The number of halogens is 2. The molecule has 0 aliphatic carbocycles. The van der Waals surface area contributed by atoms with Gasteiger partial charge in [0.1, 0.15) is 5.82 Å². The van der Waals surface area contributed by atoms with Gasteiger partial charge in [0.15, 0.2) is 5.78 Å². The molecular weight excluding hydrogens is 270 g/mol. The van der Waals surface area contributed by atoms with Crippen LogP contribution < -0.4 is 0 Å². The number of benzene rings is 1. The van der Waals surface area contributed by atoms with E-state index in [2.05, 4.69) is 6.58 Å². The molecule has 0 saturated carbocycles. The summed E-state index contributed by atoms with van der Waals surface area (Å²) in [6, 6.07) is 4.41. The van der Waals surface area contributed by atoms with Gasteiger partial charge in [0.05, 0.1) is 3.57 Å². The van der Waals surface area contributed by atoms with Crippen LogP contribution in [0.4, 0.5) is 4.39 Å². The molecule has 0 unspecified atom stereocenters. The molecule has 1 rings (SSSR count). The van der Waals surface area contributed by atoms with E-state index in [9.17, 15) is 9.18 Å². The van der Waals surface area contributed by atoms with Gasteiger partial charge in [-0.25, -0.2) is 4.39 Å². The van der Waals surface area contributed by atoms with Crippen LogP contribution in [0.3, 0.4) is 0 Å². The first-order valence-corrected chi connectivity index (χ1v) is 4.35. The highest BCUT2D eigenvalue weighted by Crippen LogP contribution is 2.16. The van der Waals surface area contributed by atoms with Crippen LogP contribution >= 0.6 is 22.6 Å². The van der Waals surface area contributed by atoms with Crippen LogP contribution in [-0.2, 0) is 0 Å². The minimum atomic E-state index is -0.372. The third-order valence-electron chi connectivity index (χ3n) is 1.40. The second-order valence-corrected chi connectivity index (χ2v) is 3.25. The van der Waals surface area contributed by atoms with Crippen molar-refractivity contribution in [3.63, 3.8) is 0 Å². The number of hydrogen-bond acceptors (Lipinski definition) is 1. The van der Waals surface area contributed by atoms with Gasteiger partial charge in [-0.15, -0.1) is 0 Å². The first-order chi connectivity index (χ1) is 5.66. The predicted molar refractivity (Wildman–Crippen MR) is 53.6 cm³/mol. The third-order valence-corrected chi connectivity index (χ3v) is 2.50. The summed E-state index contributed by atoms with van der Waals surface area (Å²) in [5.74, 6) is -0.623. The van der Waals surface area contributed by atoms with Crippen molar-refractivity contribution >= 4 is 28.4 Å². The fourth-order valence-corrected chi connectivity index (χ4v) is 1.43. The third kappa shape index (κ3) is 1.72. The van der Waals surface area contributed by atoms with Crippen molar-refractivity contribution in [3.8, 4) is 0 Å². The molecule has 1 aromatic rings. The number of ketones is 1. The molecule has 0 bridgehead atoms. The summed E-state index contributed by atoms with van der Waals surface area (Å²) >= 11 is 1.80. The lowest BCUT2D eigenvalue weighted by molar-refractivity contribution is 0.104. The summed E-state index contributed by atoms with van der Waals surface area (Å²) in [7, 11) is 0. The molecule has 3 heteroatoms. The fourth-order valence-electron chi connectivity index (χ4n) is 0.804. The highest BCUT2D eigenvalue weighted by atomic mass is 127. The van der Waals surface area contributed by atoms with Gasteiger partial charge < -0.3 is 0 Å². The lowest BCUT2D eigenvalue weighted by Gasteiger charge is -1.99. The standard InChI is InChI=1S/C9H6FIO/c1-2-8(12)6-4-3-5-7(10)9(6)11/h2-5H,1H2. The maximum Gasteiger partial charge on any atom is 0.186 e. The van der Waals surface area contributed by atoms with Gasteiger partial charge >= 0.3 is 0 Å². The molecule has 1 aromatic carbocycles. The van der Waals surface area contributed by atoms with Crippen LogP contribution in [-0.4, -0.2) is 5.78 Å². The molecule has 0 spiro atoms. The average Bonchev–Trinajstić information content (AvgIpc) is 2.08. The summed E-state index contributed by atoms with van der Waals surface area (Å²) < 4.78 is 13.2. The van der Waals surface area contributed by atoms with E-state index in [-0.39, 0.29) is 11.6 Å². The molecule has 0 amide bonds. The summed E-state index contributed by atoms with van der Waals surface area (Å²) in [5, 5.41) is 0. The molecule has 1 nitrogen and oxygen atoms in total. The quantitative estimate of drug-likeness (QED) is 0.461. The highest BCUT2D eigenvalue weighted by molar-refractivity contribution is 14.1. The van der Waals surface area contributed by atoms with E-state index in [1.54, 1.807) is 28.7 Å². The molecule has 62 valence electrons. The average molecular weight is 276 g/mol. The van der Waals surface area contributed by atoms with Crippen molar-refractivity contribution in [1.29, 1.82) is 0 Å². The lowest BCUT2D eigenvalue weighted by atomic mass is 10.1. The van der Waals surface area contributed by atoms with Crippen molar-refractivity contribution in [3.05, 3.63) is 45.8 Å². The van der Waals surface area contributed by atoms with E-state index < -0.39 is 0 Å². The smallest absolute Gasteiger partial charge is 0.186 e. The largest absolute Gasteiger partial charge is 0.289 e. The zero-order valence-electron chi connectivity index (χ0n) is 6.18. The monoisotopic (exact) mass is 276 g/mol. The van der Waals surface area contributed by atoms with Crippen molar-refractivity contribution < 1.29 is 9.18 Å². The highest BCUT2D eigenvalue weighted by Gasteiger charge is 2.08. The molecular formula is C9H6FIO. The SMILES string of the molecule is C=CC(=O)c1cccc(F)c1I. The zero-order chi connectivity index (χ0) is 9.14. The van der Waals surface area contributed by atoms with Gasteiger partial charge in [-0.05, 0) is 40.8 Å². The Balaban J connectivity index is 3.25. The molecule has 0 saturated heterocycles. The molecule has 0 aromatic heterocycles. The second-order valence-electron chi connectivity index (χ2n) is 2.17. The summed E-state index contributed by atoms with van der Waals surface area (Å²) in [5.41, 5.74) is 0.366. The van der Waals surface area contributed by atoms with Gasteiger partial charge in [-0.2, -0.15) is 0 Å². The van der Waals surface area contributed by atoms with Crippen LogP contribution in [0.25, 0.3) is 0 Å². The Morgan fingerprint density at radius 2 is 2.25 bits per heavy atom. The number of hydrogen-bond donors (Lipinski definition) is 0. The van der Waals surface area contributed by atoms with Crippen molar-refractivity contribution in [2.75, 3.05) is 0 Å². The number of carbonyl (C=O) groups excluding carboxylic acids is 1. The molecule has 0 aliphatic rings. The van der Waals surface area contributed by atoms with Gasteiger partial charge in [-0.3, -0.25) is 4.79 Å². The zero-order valence-corrected chi connectivity index (χ0v) is 8.34. The fraction of sp³-hybridized carbons (Fsp3) is 0. The Kier molecular flexibility index (Phi) is 2.97. The van der Waals surface area contributed by atoms with Crippen LogP contribution in [0.5, 0.6) is 0 Å². The number of carbonyl (C=O) groups is 1. The van der Waals surface area contributed by atoms with Gasteiger partial charge in [0.25, 0.3) is 0 Å². The second kappa shape index (κ2) is 3.80. The van der Waals surface area contributed by atoms with Crippen LogP contribution in [0.15, 0.2) is 30.9 Å². The molecule has 0 atom stereocenters. The van der Waals surface area contributed by atoms with E-state index >= 15 is 0 Å². The molecule has 0 N–H and O–H groups in total. The number of rotatable bonds is 2. The van der Waals surface area contributed by atoms with Crippen LogP contribution in [0.1, 0.15) is 10.4 Å². The predicted octanol–water partition coefficient (Wildman–Crippen LogP) is 2.80. The van der Waals surface area contributed by atoms with E-state index in [4.69, 9.17) is 0 Å². The van der Waals surface area contributed by atoms with Gasteiger partial charge in [-0.1, -0.05) is 12.6 Å². The van der Waals surface area contributed by atoms with Crippen LogP contribution in [0, 0.1) is 9.39 Å². The lowest BCUT2D eigenvalue weighted by Crippen LogP contribution is -1.98. The summed E-state index contributed by atoms with van der Waals surface area (Å²) in [6.45, 7) is 3.33. The van der Waals surface area contributed by atoms with E-state index in [0.717, 1.165) is 0 Å². The summed E-state index contributed by atoms with van der Waals surface area (Å²) in [6.07, 6.45) is 1.18. The summed E-state index contributed by atoms with van der Waals surface area (Å²) in [4.78, 5) is 11.1. The molecule has 0 heterocycles. The molecule has 0 radical (unpaired) electrons. The first-order valence-electron chi connectivity index (χ1n) is 3.27. The molecule has 0 aliphatic heterocycles. The Labute approximate surface area is 83.4 Å². The van der Waals surface area contributed by atoms with Crippen molar-refractivity contribution in [2.24, 2.45) is 0 Å². The first kappa shape index (κ1) is 9.38. The Morgan fingerprint density at radius 1 is 1.58 bits per heavy atom. The Bertz CT molecular complexity index is 333. The molecule has 0 fully saturated rings. The van der Waals surface area contributed by atoms with Crippen molar-refractivity contribution in [1.82, 2.24) is 0 Å².